The van der Waals surface area contributed by atoms with Gasteiger partial charge >= 0.3 is 0 Å². The number of nitrogens with zero attached hydrogens (tertiary/aromatic N) is 6. The van der Waals surface area contributed by atoms with E-state index in [9.17, 15) is 4.79 Å². The van der Waals surface area contributed by atoms with Crippen LogP contribution in [0.4, 0.5) is 5.82 Å². The van der Waals surface area contributed by atoms with E-state index in [1.165, 1.54) is 6.20 Å². The molecule has 1 aliphatic rings. The molecule has 0 saturated carbocycles. The first-order valence-electron chi connectivity index (χ1n) is 7.89. The molecule has 3 heterocycles. The highest BCUT2D eigenvalue weighted by molar-refractivity contribution is 6.30. The summed E-state index contributed by atoms with van der Waals surface area (Å²) < 4.78 is 1.59. The zero-order chi connectivity index (χ0) is 17.4. The summed E-state index contributed by atoms with van der Waals surface area (Å²) >= 11 is 5.90. The van der Waals surface area contributed by atoms with Gasteiger partial charge in [0.1, 0.15) is 17.7 Å². The second-order valence-electron chi connectivity index (χ2n) is 6.24. The number of carbonyl (C=O) groups excluding carboxylic acids is 1. The van der Waals surface area contributed by atoms with Crippen LogP contribution in [0.2, 0.25) is 5.02 Å². The SMILES string of the molecule is Cc1nc2c(c(N(C)C)n1)CCN(C(=O)[C@@H](C)n1cc(Cl)cn1)C2. The van der Waals surface area contributed by atoms with Crippen LogP contribution in [0.25, 0.3) is 0 Å². The Balaban J connectivity index is 1.83. The summed E-state index contributed by atoms with van der Waals surface area (Å²) in [6.07, 6.45) is 3.96. The van der Waals surface area contributed by atoms with Crippen LogP contribution in [0.15, 0.2) is 12.4 Å². The molecule has 1 amide bonds. The van der Waals surface area contributed by atoms with E-state index in [0.717, 1.165) is 29.3 Å². The molecule has 0 saturated heterocycles. The molecule has 7 nitrogen and oxygen atoms in total. The summed E-state index contributed by atoms with van der Waals surface area (Å²) in [4.78, 5) is 25.7. The van der Waals surface area contributed by atoms with E-state index < -0.39 is 6.04 Å². The van der Waals surface area contributed by atoms with Crippen LogP contribution in [0.3, 0.4) is 0 Å². The molecule has 2 aromatic rings. The van der Waals surface area contributed by atoms with Gasteiger partial charge in [0, 0.05) is 32.4 Å². The fourth-order valence-electron chi connectivity index (χ4n) is 2.99. The van der Waals surface area contributed by atoms with Crippen molar-refractivity contribution in [3.05, 3.63) is 34.5 Å². The number of anilines is 1. The van der Waals surface area contributed by atoms with Gasteiger partial charge < -0.3 is 9.80 Å². The maximum Gasteiger partial charge on any atom is 0.247 e. The number of hydrogen-bond donors (Lipinski definition) is 0. The number of aryl methyl sites for hydroxylation is 1. The van der Waals surface area contributed by atoms with Crippen molar-refractivity contribution in [1.82, 2.24) is 24.6 Å². The third-order valence-electron chi connectivity index (χ3n) is 4.21. The van der Waals surface area contributed by atoms with E-state index in [2.05, 4.69) is 15.1 Å². The van der Waals surface area contributed by atoms with Gasteiger partial charge in [-0.3, -0.25) is 9.48 Å². The smallest absolute Gasteiger partial charge is 0.247 e. The molecule has 0 bridgehead atoms. The van der Waals surface area contributed by atoms with Gasteiger partial charge in [-0.25, -0.2) is 9.97 Å². The number of hydrogen-bond acceptors (Lipinski definition) is 5. The summed E-state index contributed by atoms with van der Waals surface area (Å²) in [5.41, 5.74) is 2.06. The van der Waals surface area contributed by atoms with Crippen LogP contribution >= 0.6 is 11.6 Å². The molecule has 3 rings (SSSR count). The van der Waals surface area contributed by atoms with Crippen LogP contribution in [0.5, 0.6) is 0 Å². The van der Waals surface area contributed by atoms with E-state index >= 15 is 0 Å². The Labute approximate surface area is 146 Å². The average molecular weight is 349 g/mol. The molecular weight excluding hydrogens is 328 g/mol. The molecule has 0 aromatic carbocycles. The summed E-state index contributed by atoms with van der Waals surface area (Å²) in [5, 5.41) is 4.66. The molecule has 0 radical (unpaired) electrons. The predicted octanol–water partition coefficient (Wildman–Crippen LogP) is 1.85. The lowest BCUT2D eigenvalue weighted by Gasteiger charge is -2.32. The molecule has 0 spiro atoms. The van der Waals surface area contributed by atoms with Crippen molar-refractivity contribution >= 4 is 23.3 Å². The monoisotopic (exact) mass is 348 g/mol. The molecule has 1 aliphatic heterocycles. The van der Waals surface area contributed by atoms with Gasteiger partial charge in [-0.1, -0.05) is 11.6 Å². The summed E-state index contributed by atoms with van der Waals surface area (Å²) in [5.74, 6) is 1.68. The van der Waals surface area contributed by atoms with E-state index in [1.54, 1.807) is 10.9 Å². The number of fused-ring (bicyclic) bond motifs is 1. The normalized spacial score (nSPS) is 15.1. The van der Waals surface area contributed by atoms with Crippen molar-refractivity contribution in [3.8, 4) is 0 Å². The molecule has 0 N–H and O–H groups in total. The molecule has 24 heavy (non-hydrogen) atoms. The molecular formula is C16H21ClN6O. The highest BCUT2D eigenvalue weighted by Crippen LogP contribution is 2.26. The number of carbonyl (C=O) groups is 1. The zero-order valence-corrected chi connectivity index (χ0v) is 15.1. The summed E-state index contributed by atoms with van der Waals surface area (Å²) in [7, 11) is 3.95. The largest absolute Gasteiger partial charge is 0.362 e. The number of halogens is 1. The lowest BCUT2D eigenvalue weighted by molar-refractivity contribution is -0.135. The first-order chi connectivity index (χ1) is 11.4. The maximum absolute atomic E-state index is 12.8. The lowest BCUT2D eigenvalue weighted by Crippen LogP contribution is -2.41. The second kappa shape index (κ2) is 6.39. The van der Waals surface area contributed by atoms with Crippen molar-refractivity contribution < 1.29 is 4.79 Å². The highest BCUT2D eigenvalue weighted by Gasteiger charge is 2.29. The topological polar surface area (TPSA) is 67.2 Å². The zero-order valence-electron chi connectivity index (χ0n) is 14.3. The summed E-state index contributed by atoms with van der Waals surface area (Å²) in [6, 6.07) is -0.393. The van der Waals surface area contributed by atoms with Gasteiger partial charge in [0.05, 0.1) is 23.5 Å². The molecule has 8 heteroatoms. The number of rotatable bonds is 3. The average Bonchev–Trinajstić information content (AvgIpc) is 2.98. The quantitative estimate of drug-likeness (QED) is 0.846. The maximum atomic E-state index is 12.8. The number of amides is 1. The van der Waals surface area contributed by atoms with E-state index in [1.807, 2.05) is 37.7 Å². The Morgan fingerprint density at radius 3 is 2.75 bits per heavy atom. The van der Waals surface area contributed by atoms with E-state index in [-0.39, 0.29) is 5.91 Å². The molecule has 0 fully saturated rings. The van der Waals surface area contributed by atoms with Crippen LogP contribution in [0, 0.1) is 6.92 Å². The Bertz CT molecular complexity index is 772. The highest BCUT2D eigenvalue weighted by atomic mass is 35.5. The Kier molecular flexibility index (Phi) is 4.45. The minimum Gasteiger partial charge on any atom is -0.362 e. The number of aromatic nitrogens is 4. The first kappa shape index (κ1) is 16.7. The molecule has 0 unspecified atom stereocenters. The van der Waals surface area contributed by atoms with Crippen LogP contribution in [0.1, 0.15) is 30.0 Å². The van der Waals surface area contributed by atoms with Crippen molar-refractivity contribution in [3.63, 3.8) is 0 Å². The van der Waals surface area contributed by atoms with Gasteiger partial charge in [-0.15, -0.1) is 0 Å². The van der Waals surface area contributed by atoms with Crippen molar-refractivity contribution in [2.45, 2.75) is 32.9 Å². The Hall–Kier alpha value is -2.15. The van der Waals surface area contributed by atoms with Gasteiger partial charge in [0.25, 0.3) is 0 Å². The van der Waals surface area contributed by atoms with Crippen molar-refractivity contribution in [2.24, 2.45) is 0 Å². The van der Waals surface area contributed by atoms with Gasteiger partial charge in [0.2, 0.25) is 5.91 Å². The molecule has 128 valence electrons. The standard InChI is InChI=1S/C16H21ClN6O/c1-10(23-8-12(17)7-18-23)16(24)22-6-5-13-14(9-22)19-11(2)20-15(13)21(3)4/h7-8,10H,5-6,9H2,1-4H3/t10-/m1/s1. The Morgan fingerprint density at radius 1 is 1.38 bits per heavy atom. The molecule has 1 atom stereocenters. The van der Waals surface area contributed by atoms with Gasteiger partial charge in [0.15, 0.2) is 0 Å². The Morgan fingerprint density at radius 2 is 2.12 bits per heavy atom. The van der Waals surface area contributed by atoms with Crippen molar-refractivity contribution in [1.29, 1.82) is 0 Å². The van der Waals surface area contributed by atoms with Gasteiger partial charge in [-0.05, 0) is 20.3 Å². The van der Waals surface area contributed by atoms with Gasteiger partial charge in [-0.2, -0.15) is 5.10 Å². The second-order valence-corrected chi connectivity index (χ2v) is 6.67. The lowest BCUT2D eigenvalue weighted by atomic mass is 10.0. The van der Waals surface area contributed by atoms with Crippen LogP contribution < -0.4 is 4.90 Å². The van der Waals surface area contributed by atoms with Crippen molar-refractivity contribution in [2.75, 3.05) is 25.5 Å². The third kappa shape index (κ3) is 3.08. The molecule has 2 aromatic heterocycles. The minimum absolute atomic E-state index is 0.0167. The predicted molar refractivity (Wildman–Crippen MR) is 92.2 cm³/mol. The van der Waals surface area contributed by atoms with E-state index in [0.29, 0.717) is 18.1 Å². The van der Waals surface area contributed by atoms with E-state index in [4.69, 9.17) is 11.6 Å². The fraction of sp³-hybridized carbons (Fsp3) is 0.500. The van der Waals surface area contributed by atoms with Crippen LogP contribution in [-0.4, -0.2) is 51.2 Å². The van der Waals surface area contributed by atoms with Crippen LogP contribution in [-0.2, 0) is 17.8 Å². The molecule has 0 aliphatic carbocycles. The minimum atomic E-state index is -0.393. The fourth-order valence-corrected chi connectivity index (χ4v) is 3.14. The summed E-state index contributed by atoms with van der Waals surface area (Å²) in [6.45, 7) is 4.86. The first-order valence-corrected chi connectivity index (χ1v) is 8.26. The third-order valence-corrected chi connectivity index (χ3v) is 4.41.